The van der Waals surface area contributed by atoms with Crippen LogP contribution in [0.4, 0.5) is 17.1 Å². The number of benzene rings is 3. The third kappa shape index (κ3) is 5.41. The number of nitro benzene ring substituents is 1. The molecule has 32 heavy (non-hydrogen) atoms. The molecule has 0 aliphatic carbocycles. The van der Waals surface area contributed by atoms with Crippen LogP contribution in [0.3, 0.4) is 0 Å². The molecule has 3 aromatic rings. The summed E-state index contributed by atoms with van der Waals surface area (Å²) in [5.74, 6) is -0.407. The van der Waals surface area contributed by atoms with Crippen LogP contribution in [-0.4, -0.2) is 39.4 Å². The Morgan fingerprint density at radius 3 is 2.31 bits per heavy atom. The van der Waals surface area contributed by atoms with Crippen molar-refractivity contribution < 1.29 is 18.1 Å². The van der Waals surface area contributed by atoms with Crippen LogP contribution < -0.4 is 14.9 Å². The van der Waals surface area contributed by atoms with Gasteiger partial charge < -0.3 is 10.6 Å². The van der Waals surface area contributed by atoms with Crippen molar-refractivity contribution in [2.24, 2.45) is 0 Å². The van der Waals surface area contributed by atoms with Crippen molar-refractivity contribution in [2.45, 2.75) is 4.90 Å². The van der Waals surface area contributed by atoms with Gasteiger partial charge in [-0.25, -0.2) is 8.42 Å². The van der Waals surface area contributed by atoms with Gasteiger partial charge in [-0.3, -0.25) is 19.2 Å². The lowest BCUT2D eigenvalue weighted by atomic mass is 10.2. The second kappa shape index (κ2) is 9.92. The zero-order valence-electron chi connectivity index (χ0n) is 17.3. The molecule has 2 N–H and O–H groups in total. The van der Waals surface area contributed by atoms with Crippen LogP contribution in [0.1, 0.15) is 10.4 Å². The fourth-order valence-corrected chi connectivity index (χ4v) is 4.16. The van der Waals surface area contributed by atoms with Crippen LogP contribution in [0.5, 0.6) is 0 Å². The zero-order chi connectivity index (χ0) is 23.1. The normalized spacial score (nSPS) is 10.9. The molecule has 0 aliphatic heterocycles. The molecule has 0 unspecified atom stereocenters. The molecule has 0 saturated carbocycles. The number of sulfonamides is 1. The van der Waals surface area contributed by atoms with Gasteiger partial charge in [0, 0.05) is 43.5 Å². The third-order valence-electron chi connectivity index (χ3n) is 4.69. The SMILES string of the molecule is CN(c1ccccc1)S(=O)(=O)c1cccc(C(=O)NCCNc2ccc([N+](=O)[O-])cc2)c1. The van der Waals surface area contributed by atoms with Gasteiger partial charge in [0.15, 0.2) is 0 Å². The average molecular weight is 455 g/mol. The fourth-order valence-electron chi connectivity index (χ4n) is 2.92. The molecule has 1 amide bonds. The van der Waals surface area contributed by atoms with Crippen LogP contribution in [0.2, 0.25) is 0 Å². The first-order valence-electron chi connectivity index (χ1n) is 9.69. The number of nitrogens with one attached hydrogen (secondary N) is 2. The molecule has 3 aromatic carbocycles. The Hall–Kier alpha value is -3.92. The number of rotatable bonds is 9. The van der Waals surface area contributed by atoms with E-state index >= 15 is 0 Å². The van der Waals surface area contributed by atoms with E-state index in [-0.39, 0.29) is 22.7 Å². The lowest BCUT2D eigenvalue weighted by Gasteiger charge is -2.19. The second-order valence-electron chi connectivity index (χ2n) is 6.82. The van der Waals surface area contributed by atoms with E-state index in [0.717, 1.165) is 4.31 Å². The summed E-state index contributed by atoms with van der Waals surface area (Å²) >= 11 is 0. The summed E-state index contributed by atoms with van der Waals surface area (Å²) in [4.78, 5) is 22.7. The fraction of sp³-hybridized carbons (Fsp3) is 0.136. The summed E-state index contributed by atoms with van der Waals surface area (Å²) in [6.07, 6.45) is 0. The Bertz CT molecular complexity index is 1200. The maximum atomic E-state index is 12.9. The van der Waals surface area contributed by atoms with Crippen LogP contribution in [0, 0.1) is 10.1 Å². The van der Waals surface area contributed by atoms with Gasteiger partial charge >= 0.3 is 0 Å². The molecule has 0 radical (unpaired) electrons. The van der Waals surface area contributed by atoms with E-state index in [1.807, 2.05) is 0 Å². The summed E-state index contributed by atoms with van der Waals surface area (Å²) < 4.78 is 27.0. The van der Waals surface area contributed by atoms with Gasteiger partial charge in [-0.05, 0) is 42.5 Å². The van der Waals surface area contributed by atoms with Gasteiger partial charge in [0.2, 0.25) is 0 Å². The average Bonchev–Trinajstić information content (AvgIpc) is 2.82. The number of anilines is 2. The number of nitro groups is 1. The van der Waals surface area contributed by atoms with E-state index in [1.54, 1.807) is 48.5 Å². The highest BCUT2D eigenvalue weighted by atomic mass is 32.2. The Balaban J connectivity index is 1.59. The molecule has 9 nitrogen and oxygen atoms in total. The summed E-state index contributed by atoms with van der Waals surface area (Å²) in [6.45, 7) is 0.662. The molecule has 3 rings (SSSR count). The maximum Gasteiger partial charge on any atom is 0.269 e. The molecular formula is C22H22N4O5S. The van der Waals surface area contributed by atoms with E-state index in [2.05, 4.69) is 10.6 Å². The van der Waals surface area contributed by atoms with Crippen LogP contribution in [0.15, 0.2) is 83.8 Å². The highest BCUT2D eigenvalue weighted by molar-refractivity contribution is 7.92. The van der Waals surface area contributed by atoms with Gasteiger partial charge in [0.1, 0.15) is 0 Å². The molecule has 0 bridgehead atoms. The third-order valence-corrected chi connectivity index (χ3v) is 6.47. The predicted octanol–water partition coefficient (Wildman–Crippen LogP) is 3.26. The van der Waals surface area contributed by atoms with Gasteiger partial charge in [-0.1, -0.05) is 24.3 Å². The summed E-state index contributed by atoms with van der Waals surface area (Å²) in [7, 11) is -2.37. The smallest absolute Gasteiger partial charge is 0.269 e. The zero-order valence-corrected chi connectivity index (χ0v) is 18.1. The van der Waals surface area contributed by atoms with Crippen molar-refractivity contribution in [1.29, 1.82) is 0 Å². The molecular weight excluding hydrogens is 432 g/mol. The topological polar surface area (TPSA) is 122 Å². The highest BCUT2D eigenvalue weighted by Gasteiger charge is 2.22. The van der Waals surface area contributed by atoms with Gasteiger partial charge in [0.05, 0.1) is 15.5 Å². The quantitative estimate of drug-likeness (QED) is 0.291. The van der Waals surface area contributed by atoms with Crippen molar-refractivity contribution in [1.82, 2.24) is 5.32 Å². The maximum absolute atomic E-state index is 12.9. The first-order valence-corrected chi connectivity index (χ1v) is 11.1. The molecule has 0 aromatic heterocycles. The number of amides is 1. The Morgan fingerprint density at radius 2 is 1.66 bits per heavy atom. The van der Waals surface area contributed by atoms with Crippen molar-refractivity contribution in [3.05, 3.63) is 94.5 Å². The summed E-state index contributed by atoms with van der Waals surface area (Å²) in [5, 5.41) is 16.4. The van der Waals surface area contributed by atoms with Crippen molar-refractivity contribution in [3.63, 3.8) is 0 Å². The van der Waals surface area contributed by atoms with Gasteiger partial charge in [-0.2, -0.15) is 0 Å². The van der Waals surface area contributed by atoms with Crippen LogP contribution in [0.25, 0.3) is 0 Å². The molecule has 0 heterocycles. The number of nitrogens with zero attached hydrogens (tertiary/aromatic N) is 2. The highest BCUT2D eigenvalue weighted by Crippen LogP contribution is 2.22. The largest absolute Gasteiger partial charge is 0.383 e. The summed E-state index contributed by atoms with van der Waals surface area (Å²) in [6, 6.07) is 20.5. The Labute approximate surface area is 185 Å². The molecule has 0 fully saturated rings. The van der Waals surface area contributed by atoms with Crippen molar-refractivity contribution >= 4 is 33.0 Å². The van der Waals surface area contributed by atoms with E-state index in [4.69, 9.17) is 0 Å². The Morgan fingerprint density at radius 1 is 0.969 bits per heavy atom. The number of carbonyl (C=O) groups is 1. The number of hydrogen-bond donors (Lipinski definition) is 2. The minimum absolute atomic E-state index is 0.00315. The van der Waals surface area contributed by atoms with Crippen molar-refractivity contribution in [3.8, 4) is 0 Å². The monoisotopic (exact) mass is 454 g/mol. The minimum Gasteiger partial charge on any atom is -0.383 e. The molecule has 10 heteroatoms. The number of non-ortho nitro benzene ring substituents is 1. The predicted molar refractivity (Wildman–Crippen MR) is 122 cm³/mol. The van der Waals surface area contributed by atoms with E-state index in [1.165, 1.54) is 37.4 Å². The second-order valence-corrected chi connectivity index (χ2v) is 8.79. The number of carbonyl (C=O) groups excluding carboxylic acids is 1. The molecule has 0 aliphatic rings. The molecule has 0 spiro atoms. The van der Waals surface area contributed by atoms with Crippen LogP contribution in [-0.2, 0) is 10.0 Å². The van der Waals surface area contributed by atoms with E-state index in [0.29, 0.717) is 17.9 Å². The summed E-state index contributed by atoms with van der Waals surface area (Å²) in [5.41, 5.74) is 1.42. The van der Waals surface area contributed by atoms with Gasteiger partial charge in [-0.15, -0.1) is 0 Å². The number of para-hydroxylation sites is 1. The Kier molecular flexibility index (Phi) is 7.06. The standard InChI is InChI=1S/C22H22N4O5S/c1-25(19-7-3-2-4-8-19)32(30,31)21-9-5-6-17(16-21)22(27)24-15-14-23-18-10-12-20(13-11-18)26(28)29/h2-13,16,23H,14-15H2,1H3,(H,24,27). The minimum atomic E-state index is -3.83. The molecule has 0 saturated heterocycles. The first kappa shape index (κ1) is 22.8. The van der Waals surface area contributed by atoms with E-state index in [9.17, 15) is 23.3 Å². The van der Waals surface area contributed by atoms with Crippen molar-refractivity contribution in [2.75, 3.05) is 29.8 Å². The molecule has 0 atom stereocenters. The lowest BCUT2D eigenvalue weighted by Crippen LogP contribution is -2.29. The number of hydrogen-bond acceptors (Lipinski definition) is 6. The van der Waals surface area contributed by atoms with Gasteiger partial charge in [0.25, 0.3) is 21.6 Å². The van der Waals surface area contributed by atoms with E-state index < -0.39 is 20.9 Å². The van der Waals surface area contributed by atoms with Crippen LogP contribution >= 0.6 is 0 Å². The lowest BCUT2D eigenvalue weighted by molar-refractivity contribution is -0.384. The first-order chi connectivity index (χ1) is 15.3. The molecule has 166 valence electrons.